The first kappa shape index (κ1) is 28.9. The van der Waals surface area contributed by atoms with Gasteiger partial charge in [0.05, 0.1) is 5.56 Å². The van der Waals surface area contributed by atoms with Crippen molar-refractivity contribution < 1.29 is 18.0 Å². The number of halogens is 3. The predicted octanol–water partition coefficient (Wildman–Crippen LogP) is 5.07. The molecule has 40 heavy (non-hydrogen) atoms. The summed E-state index contributed by atoms with van der Waals surface area (Å²) in [5.41, 5.74) is 14.6. The number of nitrogens with zero attached hydrogens (tertiary/aromatic N) is 3. The van der Waals surface area contributed by atoms with Crippen LogP contribution >= 0.6 is 0 Å². The lowest BCUT2D eigenvalue weighted by Crippen LogP contribution is -2.45. The third-order valence-corrected chi connectivity index (χ3v) is 7.00. The number of nitrogen functional groups attached to an aromatic ring is 1. The van der Waals surface area contributed by atoms with Crippen LogP contribution in [0.5, 0.6) is 0 Å². The quantitative estimate of drug-likeness (QED) is 0.185. The van der Waals surface area contributed by atoms with Gasteiger partial charge in [-0.2, -0.15) is 13.2 Å². The molecule has 3 aromatic rings. The minimum Gasteiger partial charge on any atom is -0.398 e. The molecule has 11 heteroatoms. The van der Waals surface area contributed by atoms with Crippen LogP contribution in [0.3, 0.4) is 0 Å². The van der Waals surface area contributed by atoms with E-state index in [1.807, 2.05) is 17.0 Å². The summed E-state index contributed by atoms with van der Waals surface area (Å²) in [5, 5.41) is 5.21. The van der Waals surface area contributed by atoms with E-state index < -0.39 is 17.8 Å². The van der Waals surface area contributed by atoms with Crippen molar-refractivity contribution in [1.82, 2.24) is 9.80 Å². The van der Waals surface area contributed by atoms with Gasteiger partial charge >= 0.3 is 12.2 Å². The van der Waals surface area contributed by atoms with Crippen molar-refractivity contribution in [2.24, 2.45) is 10.7 Å². The summed E-state index contributed by atoms with van der Waals surface area (Å²) >= 11 is 0. The summed E-state index contributed by atoms with van der Waals surface area (Å²) < 4.78 is 41.8. The van der Waals surface area contributed by atoms with Crippen LogP contribution in [0.25, 0.3) is 11.1 Å². The lowest BCUT2D eigenvalue weighted by atomic mass is 10.0. The van der Waals surface area contributed by atoms with Crippen LogP contribution in [0.15, 0.2) is 65.7 Å². The van der Waals surface area contributed by atoms with Crippen LogP contribution < -0.4 is 22.1 Å². The third kappa shape index (κ3) is 7.10. The van der Waals surface area contributed by atoms with Gasteiger partial charge in [-0.15, -0.1) is 0 Å². The van der Waals surface area contributed by atoms with E-state index in [4.69, 9.17) is 11.5 Å². The molecule has 0 bridgehead atoms. The van der Waals surface area contributed by atoms with Gasteiger partial charge in [0, 0.05) is 62.4 Å². The number of carbonyl (C=O) groups is 1. The first-order chi connectivity index (χ1) is 19.1. The highest BCUT2D eigenvalue weighted by Gasteiger charge is 2.34. The van der Waals surface area contributed by atoms with Gasteiger partial charge in [0.25, 0.3) is 0 Å². The monoisotopic (exact) mass is 553 g/mol. The molecule has 0 unspecified atom stereocenters. The number of nitrogens with one attached hydrogen (secondary N) is 2. The number of rotatable bonds is 7. The number of amidine groups is 1. The van der Waals surface area contributed by atoms with Crippen molar-refractivity contribution in [3.8, 4) is 11.1 Å². The number of amides is 2. The number of anilines is 3. The molecule has 4 rings (SSSR count). The molecule has 0 aromatic heterocycles. The highest BCUT2D eigenvalue weighted by molar-refractivity contribution is 6.03. The number of carbonyl (C=O) groups excluding carboxylic acids is 1. The predicted molar refractivity (Wildman–Crippen MR) is 154 cm³/mol. The fraction of sp³-hybridized carbons (Fsp3) is 0.310. The molecular formula is C29H34F3N7O. The van der Waals surface area contributed by atoms with E-state index >= 15 is 0 Å². The summed E-state index contributed by atoms with van der Waals surface area (Å²) in [6.45, 7) is 6.30. The Bertz CT molecular complexity index is 1380. The molecule has 1 aliphatic rings. The average Bonchev–Trinajstić information content (AvgIpc) is 2.93. The number of aliphatic imine (C=N–C) groups is 1. The number of likely N-dealkylation sites (N-methyl/N-ethyl adjacent to an activating group) is 1. The van der Waals surface area contributed by atoms with Crippen molar-refractivity contribution in [2.45, 2.75) is 19.6 Å². The van der Waals surface area contributed by atoms with Crippen LogP contribution in [-0.4, -0.2) is 61.4 Å². The number of alkyl halides is 3. The number of piperazine rings is 1. The molecule has 0 atom stereocenters. The van der Waals surface area contributed by atoms with Crippen molar-refractivity contribution >= 4 is 28.9 Å². The number of nitrogens with two attached hydrogens (primary N) is 2. The second-order valence-electron chi connectivity index (χ2n) is 9.65. The van der Waals surface area contributed by atoms with E-state index in [0.717, 1.165) is 36.8 Å². The molecule has 1 heterocycles. The van der Waals surface area contributed by atoms with Crippen LogP contribution in [0.4, 0.5) is 35.0 Å². The lowest BCUT2D eigenvalue weighted by Gasteiger charge is -2.34. The standard InChI is InChI=1S/C29H34F3N7O/c1-3-38-11-13-39(14-12-38)18-21-7-9-23(17-25(21)29(30,31)32)37-28(40)36-22-6-4-5-19(15-22)20-8-10-24(26(33)16-20)27(34)35-2/h4-10,15-17H,3,11-14,18,33H2,1-2H3,(H2,34,35)(H2,36,37,40). The summed E-state index contributed by atoms with van der Waals surface area (Å²) in [4.78, 5) is 20.9. The highest BCUT2D eigenvalue weighted by atomic mass is 19.4. The van der Waals surface area contributed by atoms with Gasteiger partial charge < -0.3 is 27.0 Å². The normalized spacial score (nSPS) is 15.2. The Kier molecular flexibility index (Phi) is 8.96. The maximum atomic E-state index is 13.9. The Morgan fingerprint density at radius 2 is 1.57 bits per heavy atom. The van der Waals surface area contributed by atoms with Gasteiger partial charge in [-0.3, -0.25) is 9.89 Å². The van der Waals surface area contributed by atoms with Crippen molar-refractivity contribution in [2.75, 3.05) is 56.1 Å². The van der Waals surface area contributed by atoms with E-state index in [9.17, 15) is 18.0 Å². The molecule has 0 spiro atoms. The van der Waals surface area contributed by atoms with E-state index in [1.54, 1.807) is 37.4 Å². The van der Waals surface area contributed by atoms with Crippen LogP contribution in [0.1, 0.15) is 23.6 Å². The van der Waals surface area contributed by atoms with E-state index in [1.165, 1.54) is 12.1 Å². The van der Waals surface area contributed by atoms with Gasteiger partial charge in [-0.1, -0.05) is 31.2 Å². The second-order valence-corrected chi connectivity index (χ2v) is 9.65. The largest absolute Gasteiger partial charge is 0.416 e. The van der Waals surface area contributed by atoms with Crippen LogP contribution in [0.2, 0.25) is 0 Å². The zero-order valence-corrected chi connectivity index (χ0v) is 22.6. The van der Waals surface area contributed by atoms with Crippen LogP contribution in [0, 0.1) is 0 Å². The Morgan fingerprint density at radius 3 is 2.20 bits per heavy atom. The zero-order valence-electron chi connectivity index (χ0n) is 22.6. The highest BCUT2D eigenvalue weighted by Crippen LogP contribution is 2.35. The van der Waals surface area contributed by atoms with Gasteiger partial charge in [0.1, 0.15) is 5.84 Å². The second kappa shape index (κ2) is 12.4. The first-order valence-electron chi connectivity index (χ1n) is 13.0. The summed E-state index contributed by atoms with van der Waals surface area (Å²) in [5.74, 6) is 0.327. The van der Waals surface area contributed by atoms with Gasteiger partial charge in [0.15, 0.2) is 0 Å². The molecular weight excluding hydrogens is 519 g/mol. The third-order valence-electron chi connectivity index (χ3n) is 7.00. The summed E-state index contributed by atoms with van der Waals surface area (Å²) in [6, 6.07) is 15.7. The molecule has 0 saturated carbocycles. The lowest BCUT2D eigenvalue weighted by molar-refractivity contribution is -0.138. The average molecular weight is 554 g/mol. The molecule has 3 aromatic carbocycles. The molecule has 1 fully saturated rings. The molecule has 0 radical (unpaired) electrons. The van der Waals surface area contributed by atoms with E-state index in [2.05, 4.69) is 27.4 Å². The Balaban J connectivity index is 1.45. The Morgan fingerprint density at radius 1 is 0.925 bits per heavy atom. The Labute approximate surface area is 231 Å². The molecule has 212 valence electrons. The molecule has 1 saturated heterocycles. The van der Waals surface area contributed by atoms with E-state index in [0.29, 0.717) is 35.9 Å². The smallest absolute Gasteiger partial charge is 0.398 e. The number of hydrogen-bond acceptors (Lipinski definition) is 5. The van der Waals surface area contributed by atoms with Gasteiger partial charge in [-0.05, 0) is 59.6 Å². The van der Waals surface area contributed by atoms with Crippen molar-refractivity contribution in [3.05, 3.63) is 77.4 Å². The van der Waals surface area contributed by atoms with Crippen LogP contribution in [-0.2, 0) is 12.7 Å². The molecule has 2 amide bonds. The summed E-state index contributed by atoms with van der Waals surface area (Å²) in [6.07, 6.45) is -4.55. The topological polar surface area (TPSA) is 112 Å². The molecule has 8 nitrogen and oxygen atoms in total. The SMILES string of the molecule is CCN1CCN(Cc2ccc(NC(=O)Nc3cccc(-c4ccc(C(N)=NC)c(N)c4)c3)cc2C(F)(F)F)CC1. The molecule has 1 aliphatic heterocycles. The number of benzene rings is 3. The number of urea groups is 1. The fourth-order valence-corrected chi connectivity index (χ4v) is 4.73. The Hall–Kier alpha value is -4.09. The first-order valence-corrected chi connectivity index (χ1v) is 13.0. The van der Waals surface area contributed by atoms with Crippen molar-refractivity contribution in [1.29, 1.82) is 0 Å². The summed E-state index contributed by atoms with van der Waals surface area (Å²) in [7, 11) is 1.58. The maximum absolute atomic E-state index is 13.9. The minimum absolute atomic E-state index is 0.0547. The van der Waals surface area contributed by atoms with Gasteiger partial charge in [-0.25, -0.2) is 4.79 Å². The number of hydrogen-bond donors (Lipinski definition) is 4. The molecule has 0 aliphatic carbocycles. The van der Waals surface area contributed by atoms with Gasteiger partial charge in [0.2, 0.25) is 0 Å². The fourth-order valence-electron chi connectivity index (χ4n) is 4.73. The minimum atomic E-state index is -4.55. The van der Waals surface area contributed by atoms with Crippen molar-refractivity contribution in [3.63, 3.8) is 0 Å². The van der Waals surface area contributed by atoms with E-state index in [-0.39, 0.29) is 17.8 Å². The maximum Gasteiger partial charge on any atom is 0.416 e. The molecule has 6 N–H and O–H groups in total. The zero-order chi connectivity index (χ0) is 28.9.